The molecule has 0 aromatic heterocycles. The van der Waals surface area contributed by atoms with Gasteiger partial charge in [-0.05, 0) is 12.8 Å². The SMILES string of the molecule is CCC(O)CO.CCC1CO1. The molecule has 2 atom stereocenters. The minimum Gasteiger partial charge on any atom is -0.394 e. The summed E-state index contributed by atoms with van der Waals surface area (Å²) in [6.45, 7) is 4.85. The van der Waals surface area contributed by atoms with E-state index in [1.165, 1.54) is 6.42 Å². The average molecular weight is 162 g/mol. The quantitative estimate of drug-likeness (QED) is 0.596. The van der Waals surface area contributed by atoms with E-state index >= 15 is 0 Å². The maximum Gasteiger partial charge on any atom is 0.0807 e. The third kappa shape index (κ3) is 7.78. The summed E-state index contributed by atoms with van der Waals surface area (Å²) in [6.07, 6.45) is 1.95. The molecule has 3 heteroatoms. The minimum atomic E-state index is -0.509. The van der Waals surface area contributed by atoms with E-state index in [0.717, 1.165) is 6.61 Å². The van der Waals surface area contributed by atoms with Crippen LogP contribution in [0.2, 0.25) is 0 Å². The summed E-state index contributed by atoms with van der Waals surface area (Å²) in [6, 6.07) is 0. The predicted molar refractivity (Wildman–Crippen MR) is 43.4 cm³/mol. The van der Waals surface area contributed by atoms with Gasteiger partial charge in [0.1, 0.15) is 0 Å². The van der Waals surface area contributed by atoms with Gasteiger partial charge in [-0.25, -0.2) is 0 Å². The molecular formula is C8H18O3. The summed E-state index contributed by atoms with van der Waals surface area (Å²) in [7, 11) is 0. The number of epoxide rings is 1. The van der Waals surface area contributed by atoms with Crippen molar-refractivity contribution in [2.24, 2.45) is 0 Å². The fraction of sp³-hybridized carbons (Fsp3) is 1.00. The molecule has 2 unspecified atom stereocenters. The first kappa shape index (κ1) is 10.9. The van der Waals surface area contributed by atoms with E-state index in [0.29, 0.717) is 12.5 Å². The maximum absolute atomic E-state index is 8.42. The van der Waals surface area contributed by atoms with Crippen LogP contribution in [0.1, 0.15) is 26.7 Å². The summed E-state index contributed by atoms with van der Waals surface area (Å²) in [5, 5.41) is 16.5. The normalized spacial score (nSPS) is 23.5. The van der Waals surface area contributed by atoms with Gasteiger partial charge in [-0.1, -0.05) is 13.8 Å². The van der Waals surface area contributed by atoms with E-state index < -0.39 is 6.10 Å². The highest BCUT2D eigenvalue weighted by Gasteiger charge is 2.18. The summed E-state index contributed by atoms with van der Waals surface area (Å²) in [4.78, 5) is 0. The first-order valence-electron chi connectivity index (χ1n) is 4.15. The lowest BCUT2D eigenvalue weighted by Crippen LogP contribution is -2.08. The molecule has 0 bridgehead atoms. The van der Waals surface area contributed by atoms with Crippen LogP contribution in [0, 0.1) is 0 Å². The van der Waals surface area contributed by atoms with Crippen LogP contribution in [0.3, 0.4) is 0 Å². The van der Waals surface area contributed by atoms with Gasteiger partial charge in [-0.2, -0.15) is 0 Å². The third-order valence-electron chi connectivity index (χ3n) is 1.54. The van der Waals surface area contributed by atoms with Crippen LogP contribution in [0.5, 0.6) is 0 Å². The lowest BCUT2D eigenvalue weighted by atomic mass is 10.3. The molecule has 68 valence electrons. The average Bonchev–Trinajstić information content (AvgIpc) is 2.86. The Morgan fingerprint density at radius 3 is 2.09 bits per heavy atom. The fourth-order valence-corrected chi connectivity index (χ4v) is 0.433. The number of rotatable bonds is 3. The van der Waals surface area contributed by atoms with Crippen LogP contribution in [0.4, 0.5) is 0 Å². The van der Waals surface area contributed by atoms with Crippen molar-refractivity contribution in [3.05, 3.63) is 0 Å². The van der Waals surface area contributed by atoms with Crippen molar-refractivity contribution in [2.75, 3.05) is 13.2 Å². The Hall–Kier alpha value is -0.120. The topological polar surface area (TPSA) is 53.0 Å². The first-order valence-corrected chi connectivity index (χ1v) is 4.15. The Morgan fingerprint density at radius 2 is 2.09 bits per heavy atom. The molecule has 0 radical (unpaired) electrons. The van der Waals surface area contributed by atoms with E-state index in [4.69, 9.17) is 14.9 Å². The molecule has 2 N–H and O–H groups in total. The van der Waals surface area contributed by atoms with Gasteiger partial charge in [0.05, 0.1) is 25.4 Å². The maximum atomic E-state index is 8.42. The monoisotopic (exact) mass is 162 g/mol. The highest BCUT2D eigenvalue weighted by atomic mass is 16.6. The van der Waals surface area contributed by atoms with E-state index in [-0.39, 0.29) is 6.61 Å². The number of aliphatic hydroxyl groups excluding tert-OH is 2. The van der Waals surface area contributed by atoms with Gasteiger partial charge in [0.2, 0.25) is 0 Å². The van der Waals surface area contributed by atoms with E-state index in [9.17, 15) is 0 Å². The van der Waals surface area contributed by atoms with E-state index in [2.05, 4.69) is 6.92 Å². The summed E-state index contributed by atoms with van der Waals surface area (Å²) >= 11 is 0. The largest absolute Gasteiger partial charge is 0.394 e. The van der Waals surface area contributed by atoms with Crippen LogP contribution >= 0.6 is 0 Å². The van der Waals surface area contributed by atoms with Gasteiger partial charge in [0.25, 0.3) is 0 Å². The van der Waals surface area contributed by atoms with Crippen molar-refractivity contribution in [1.82, 2.24) is 0 Å². The smallest absolute Gasteiger partial charge is 0.0807 e. The van der Waals surface area contributed by atoms with Gasteiger partial charge in [0.15, 0.2) is 0 Å². The van der Waals surface area contributed by atoms with Crippen LogP contribution in [-0.2, 0) is 4.74 Å². The number of hydrogen-bond donors (Lipinski definition) is 2. The Balaban J connectivity index is 0.000000183. The highest BCUT2D eigenvalue weighted by molar-refractivity contribution is 4.64. The molecule has 0 saturated carbocycles. The van der Waals surface area contributed by atoms with Crippen LogP contribution in [0.25, 0.3) is 0 Å². The molecule has 0 aliphatic carbocycles. The molecule has 3 nitrogen and oxygen atoms in total. The zero-order chi connectivity index (χ0) is 8.69. The number of ether oxygens (including phenoxy) is 1. The molecule has 11 heavy (non-hydrogen) atoms. The molecule has 1 rings (SSSR count). The third-order valence-corrected chi connectivity index (χ3v) is 1.54. The van der Waals surface area contributed by atoms with Crippen molar-refractivity contribution in [1.29, 1.82) is 0 Å². The first-order chi connectivity index (χ1) is 5.24. The summed E-state index contributed by atoms with van der Waals surface area (Å²) in [5.74, 6) is 0. The molecule has 1 fully saturated rings. The summed E-state index contributed by atoms with van der Waals surface area (Å²) < 4.78 is 4.86. The Bertz CT molecular complexity index is 77.4. The van der Waals surface area contributed by atoms with Gasteiger partial charge >= 0.3 is 0 Å². The second-order valence-corrected chi connectivity index (χ2v) is 2.61. The van der Waals surface area contributed by atoms with E-state index in [1.54, 1.807) is 0 Å². The van der Waals surface area contributed by atoms with Gasteiger partial charge in [0, 0.05) is 0 Å². The molecule has 1 saturated heterocycles. The highest BCUT2D eigenvalue weighted by Crippen LogP contribution is 2.10. The molecule has 1 aliphatic rings. The fourth-order valence-electron chi connectivity index (χ4n) is 0.433. The number of aliphatic hydroxyl groups is 2. The zero-order valence-corrected chi connectivity index (χ0v) is 7.29. The van der Waals surface area contributed by atoms with Gasteiger partial charge in [-0.3, -0.25) is 0 Å². The predicted octanol–water partition coefficient (Wildman–Crippen LogP) is 0.545. The lowest BCUT2D eigenvalue weighted by molar-refractivity contribution is 0.0923. The molecule has 0 aromatic carbocycles. The van der Waals surface area contributed by atoms with Crippen LogP contribution < -0.4 is 0 Å². The van der Waals surface area contributed by atoms with Crippen molar-refractivity contribution < 1.29 is 14.9 Å². The zero-order valence-electron chi connectivity index (χ0n) is 7.29. The molecule has 1 heterocycles. The Labute approximate surface area is 68.0 Å². The van der Waals surface area contributed by atoms with E-state index in [1.807, 2.05) is 6.92 Å². The van der Waals surface area contributed by atoms with Crippen molar-refractivity contribution in [2.45, 2.75) is 38.9 Å². The Kier molecular flexibility index (Phi) is 6.51. The van der Waals surface area contributed by atoms with Crippen LogP contribution in [-0.4, -0.2) is 35.6 Å². The molecule has 1 aliphatic heterocycles. The minimum absolute atomic E-state index is 0.115. The van der Waals surface area contributed by atoms with Gasteiger partial charge in [-0.15, -0.1) is 0 Å². The van der Waals surface area contributed by atoms with Crippen molar-refractivity contribution >= 4 is 0 Å². The number of hydrogen-bond acceptors (Lipinski definition) is 3. The molecule has 0 amide bonds. The second-order valence-electron chi connectivity index (χ2n) is 2.61. The Morgan fingerprint density at radius 1 is 1.55 bits per heavy atom. The van der Waals surface area contributed by atoms with Crippen LogP contribution in [0.15, 0.2) is 0 Å². The lowest BCUT2D eigenvalue weighted by Gasteiger charge is -1.97. The standard InChI is InChI=1S/C4H10O2.C4H8O/c1-2-4(6)3-5;1-2-4-3-5-4/h4-6H,2-3H2,1H3;4H,2-3H2,1H3. The van der Waals surface area contributed by atoms with Gasteiger partial charge < -0.3 is 14.9 Å². The summed E-state index contributed by atoms with van der Waals surface area (Å²) in [5.41, 5.74) is 0. The van der Waals surface area contributed by atoms with Crippen molar-refractivity contribution in [3.8, 4) is 0 Å². The molecular weight excluding hydrogens is 144 g/mol. The van der Waals surface area contributed by atoms with Crippen molar-refractivity contribution in [3.63, 3.8) is 0 Å². The molecule has 0 spiro atoms. The molecule has 0 aromatic rings. The second kappa shape index (κ2) is 6.58.